The van der Waals surface area contributed by atoms with Crippen molar-refractivity contribution < 1.29 is 14.7 Å². The summed E-state index contributed by atoms with van der Waals surface area (Å²) < 4.78 is 0. The molecule has 72 valence electrons. The minimum atomic E-state index is -1.20. The highest BCUT2D eigenvalue weighted by atomic mass is 16.4. The van der Waals surface area contributed by atoms with Gasteiger partial charge < -0.3 is 10.6 Å². The van der Waals surface area contributed by atoms with Gasteiger partial charge >= 0.3 is 11.7 Å². The molecule has 1 rings (SSSR count). The number of benzene rings is 1. The summed E-state index contributed by atoms with van der Waals surface area (Å²) in [4.78, 5) is 13.4. The molecule has 4 heteroatoms. The summed E-state index contributed by atoms with van der Waals surface area (Å²) in [6, 6.07) is 9.04. The molecule has 0 aliphatic heterocycles. The molecular weight excluding hydrogens is 180 g/mol. The third-order valence-corrected chi connectivity index (χ3v) is 2.04. The van der Waals surface area contributed by atoms with Crippen LogP contribution < -0.4 is 0 Å². The Bertz CT molecular complexity index is 380. The number of hydrogen-bond acceptors (Lipinski definition) is 1. The van der Waals surface area contributed by atoms with E-state index in [9.17, 15) is 4.79 Å². The minimum Gasteiger partial charge on any atom is -0.473 e. The van der Waals surface area contributed by atoms with Gasteiger partial charge in [-0.3, -0.25) is 0 Å². The average molecular weight is 190 g/mol. The number of aliphatic carboxylic acids is 1. The molecule has 1 N–H and O–H groups in total. The second kappa shape index (κ2) is 4.35. The molecule has 0 heterocycles. The summed E-state index contributed by atoms with van der Waals surface area (Å²) in [5.74, 6) is -1.62. The molecule has 0 radical (unpaired) electrons. The third kappa shape index (κ3) is 2.06. The lowest BCUT2D eigenvalue weighted by atomic mass is 9.96. The number of rotatable bonds is 3. The van der Waals surface area contributed by atoms with E-state index in [2.05, 4.69) is 4.79 Å². The smallest absolute Gasteiger partial charge is 0.415 e. The normalized spacial score (nSPS) is 11.5. The first-order valence-electron chi connectivity index (χ1n) is 4.17. The quantitative estimate of drug-likeness (QED) is 0.446. The number of hydrogen-bond donors (Lipinski definition) is 1. The van der Waals surface area contributed by atoms with Crippen LogP contribution in [0.15, 0.2) is 30.3 Å². The highest BCUT2D eigenvalue weighted by Crippen LogP contribution is 2.15. The fraction of sp³-hybridized carbons (Fsp3) is 0.200. The maximum absolute atomic E-state index is 10.7. The first-order chi connectivity index (χ1) is 6.66. The molecule has 0 amide bonds. The van der Waals surface area contributed by atoms with Gasteiger partial charge in [-0.25, -0.2) is 4.79 Å². The first kappa shape index (κ1) is 10.2. The fourth-order valence-electron chi connectivity index (χ4n) is 1.21. The van der Waals surface area contributed by atoms with Crippen molar-refractivity contribution in [3.8, 4) is 0 Å². The Morgan fingerprint density at radius 2 is 2.00 bits per heavy atom. The number of carbonyl (C=O) groups is 1. The van der Waals surface area contributed by atoms with Crippen LogP contribution in [-0.2, 0) is 4.79 Å². The van der Waals surface area contributed by atoms with Crippen molar-refractivity contribution in [1.29, 1.82) is 0 Å². The molecule has 0 bridgehead atoms. The third-order valence-electron chi connectivity index (χ3n) is 2.04. The topological polar surface area (TPSA) is 73.7 Å². The predicted octanol–water partition coefficient (Wildman–Crippen LogP) is 1.55. The molecule has 1 aromatic carbocycles. The van der Waals surface area contributed by atoms with E-state index in [0.717, 1.165) is 5.56 Å². The molecule has 0 aliphatic carbocycles. The van der Waals surface area contributed by atoms with Crippen molar-refractivity contribution in [3.63, 3.8) is 0 Å². The van der Waals surface area contributed by atoms with Gasteiger partial charge in [0.15, 0.2) is 0 Å². The molecule has 0 saturated carbocycles. The summed E-state index contributed by atoms with van der Waals surface area (Å²) in [5, 5.41) is 8.71. The average Bonchev–Trinajstić information content (AvgIpc) is 2.19. The fourth-order valence-corrected chi connectivity index (χ4v) is 1.21. The molecule has 4 nitrogen and oxygen atoms in total. The lowest BCUT2D eigenvalue weighted by Crippen LogP contribution is -2.20. The van der Waals surface area contributed by atoms with Gasteiger partial charge in [-0.05, 0) is 12.5 Å². The van der Waals surface area contributed by atoms with Crippen LogP contribution in [0.25, 0.3) is 5.53 Å². The maximum atomic E-state index is 10.7. The number of nitrogens with zero attached hydrogens (tertiary/aromatic N) is 2. The number of carboxylic acids is 1. The van der Waals surface area contributed by atoms with Crippen LogP contribution in [0.5, 0.6) is 0 Å². The summed E-state index contributed by atoms with van der Waals surface area (Å²) in [7, 11) is 0. The molecule has 1 unspecified atom stereocenters. The van der Waals surface area contributed by atoms with Crippen molar-refractivity contribution in [2.45, 2.75) is 12.8 Å². The summed E-state index contributed by atoms with van der Waals surface area (Å²) in [6.07, 6.45) is 0. The Labute approximate surface area is 81.4 Å². The molecule has 0 saturated heterocycles. The summed E-state index contributed by atoms with van der Waals surface area (Å²) >= 11 is 0. The van der Waals surface area contributed by atoms with E-state index in [1.54, 1.807) is 19.1 Å². The van der Waals surface area contributed by atoms with Gasteiger partial charge in [0.1, 0.15) is 0 Å². The predicted molar refractivity (Wildman–Crippen MR) is 51.1 cm³/mol. The molecule has 14 heavy (non-hydrogen) atoms. The van der Waals surface area contributed by atoms with Gasteiger partial charge in [-0.2, -0.15) is 4.79 Å². The molecule has 1 atom stereocenters. The van der Waals surface area contributed by atoms with E-state index in [4.69, 9.17) is 10.6 Å². The Balaban J connectivity index is 3.02. The molecule has 0 aromatic heterocycles. The lowest BCUT2D eigenvalue weighted by molar-refractivity contribution is -0.134. The van der Waals surface area contributed by atoms with Gasteiger partial charge in [0.05, 0.1) is 5.92 Å². The zero-order valence-electron chi connectivity index (χ0n) is 7.71. The second-order valence-electron chi connectivity index (χ2n) is 2.92. The number of carboxylic acid groups (broad SMARTS) is 1. The minimum absolute atomic E-state index is 0.254. The van der Waals surface area contributed by atoms with E-state index in [1.807, 2.05) is 18.2 Å². The van der Waals surface area contributed by atoms with E-state index >= 15 is 0 Å². The van der Waals surface area contributed by atoms with Crippen molar-refractivity contribution >= 4 is 11.7 Å². The monoisotopic (exact) mass is 190 g/mol. The second-order valence-corrected chi connectivity index (χ2v) is 2.92. The van der Waals surface area contributed by atoms with Crippen LogP contribution in [0.4, 0.5) is 0 Å². The summed E-state index contributed by atoms with van der Waals surface area (Å²) in [5.41, 5.74) is 9.09. The van der Waals surface area contributed by atoms with Gasteiger partial charge in [-0.15, -0.1) is 0 Å². The van der Waals surface area contributed by atoms with Crippen LogP contribution in [0.2, 0.25) is 0 Å². The summed E-state index contributed by atoms with van der Waals surface area (Å²) in [6.45, 7) is 1.68. The van der Waals surface area contributed by atoms with Gasteiger partial charge in [0.25, 0.3) is 0 Å². The first-order valence-corrected chi connectivity index (χ1v) is 4.17. The Morgan fingerprint density at radius 1 is 1.43 bits per heavy atom. The van der Waals surface area contributed by atoms with E-state index in [0.29, 0.717) is 0 Å². The van der Waals surface area contributed by atoms with Gasteiger partial charge in [0, 0.05) is 0 Å². The largest absolute Gasteiger partial charge is 0.473 e. The Kier molecular flexibility index (Phi) is 3.15. The molecule has 0 spiro atoms. The van der Waals surface area contributed by atoms with Crippen LogP contribution in [-0.4, -0.2) is 21.6 Å². The molecular formula is C10H10N2O2. The van der Waals surface area contributed by atoms with Gasteiger partial charge in [-0.1, -0.05) is 30.3 Å². The van der Waals surface area contributed by atoms with Crippen molar-refractivity contribution in [2.24, 2.45) is 0 Å². The van der Waals surface area contributed by atoms with E-state index in [-0.39, 0.29) is 5.71 Å². The zero-order valence-corrected chi connectivity index (χ0v) is 7.71. The standard InChI is InChI=1S/C10H10N2O2/c1-7(9(12-11)10(13)14)8-5-3-2-4-6-8/h2-7H,1H3,(H,13,14). The van der Waals surface area contributed by atoms with Crippen LogP contribution in [0.3, 0.4) is 0 Å². The maximum Gasteiger partial charge on any atom is 0.415 e. The van der Waals surface area contributed by atoms with Crippen molar-refractivity contribution in [3.05, 3.63) is 41.4 Å². The van der Waals surface area contributed by atoms with Gasteiger partial charge in [0.2, 0.25) is 0 Å². The Hall–Kier alpha value is -1.93. The Morgan fingerprint density at radius 3 is 2.43 bits per heavy atom. The molecule has 0 aliphatic rings. The molecule has 1 aromatic rings. The van der Waals surface area contributed by atoms with E-state index < -0.39 is 11.9 Å². The SMILES string of the molecule is CC(C(=[N+]=[N-])C(=O)O)c1ccccc1. The van der Waals surface area contributed by atoms with Crippen molar-refractivity contribution in [1.82, 2.24) is 0 Å². The van der Waals surface area contributed by atoms with Crippen molar-refractivity contribution in [2.75, 3.05) is 0 Å². The lowest BCUT2D eigenvalue weighted by Gasteiger charge is -2.03. The highest BCUT2D eigenvalue weighted by molar-refractivity contribution is 6.35. The van der Waals surface area contributed by atoms with Crippen LogP contribution in [0.1, 0.15) is 18.4 Å². The van der Waals surface area contributed by atoms with E-state index in [1.165, 1.54) is 0 Å². The van der Waals surface area contributed by atoms with Crippen LogP contribution >= 0.6 is 0 Å². The highest BCUT2D eigenvalue weighted by Gasteiger charge is 2.27. The van der Waals surface area contributed by atoms with Crippen LogP contribution in [0, 0.1) is 0 Å². The molecule has 0 fully saturated rings. The zero-order chi connectivity index (χ0) is 10.6.